The first-order valence-electron chi connectivity index (χ1n) is 7.23. The van der Waals surface area contributed by atoms with Gasteiger partial charge in [0.25, 0.3) is 0 Å². The Balaban J connectivity index is 2.21. The molecule has 2 nitrogen and oxygen atoms in total. The van der Waals surface area contributed by atoms with E-state index < -0.39 is 0 Å². The first-order valence-corrected chi connectivity index (χ1v) is 7.23. The van der Waals surface area contributed by atoms with Crippen molar-refractivity contribution in [1.29, 1.82) is 0 Å². The maximum atomic E-state index is 3.69. The third-order valence-electron chi connectivity index (χ3n) is 4.04. The molecular formula is C16H26N2. The second-order valence-corrected chi connectivity index (χ2v) is 5.57. The Morgan fingerprint density at radius 3 is 2.61 bits per heavy atom. The van der Waals surface area contributed by atoms with E-state index in [2.05, 4.69) is 55.5 Å². The molecule has 1 atom stereocenters. The lowest BCUT2D eigenvalue weighted by Crippen LogP contribution is -2.27. The lowest BCUT2D eigenvalue weighted by molar-refractivity contribution is 0.374. The van der Waals surface area contributed by atoms with Crippen LogP contribution in [0.2, 0.25) is 0 Å². The molecule has 0 radical (unpaired) electrons. The molecule has 0 saturated heterocycles. The summed E-state index contributed by atoms with van der Waals surface area (Å²) >= 11 is 0. The summed E-state index contributed by atoms with van der Waals surface area (Å²) in [5.74, 6) is 0.822. The van der Waals surface area contributed by atoms with Crippen LogP contribution >= 0.6 is 0 Å². The van der Waals surface area contributed by atoms with Gasteiger partial charge in [-0.3, -0.25) is 0 Å². The van der Waals surface area contributed by atoms with Crippen LogP contribution in [0.25, 0.3) is 0 Å². The molecule has 18 heavy (non-hydrogen) atoms. The normalized spacial score (nSPS) is 17.9. The smallest absolute Gasteiger partial charge is 0.0364 e. The first kappa shape index (κ1) is 13.4. The van der Waals surface area contributed by atoms with Gasteiger partial charge < -0.3 is 10.2 Å². The van der Waals surface area contributed by atoms with E-state index >= 15 is 0 Å². The minimum atomic E-state index is 0.539. The van der Waals surface area contributed by atoms with Crippen molar-refractivity contribution in [2.24, 2.45) is 5.92 Å². The number of nitrogens with one attached hydrogen (secondary N) is 1. The van der Waals surface area contributed by atoms with Gasteiger partial charge in [-0.2, -0.15) is 0 Å². The van der Waals surface area contributed by atoms with E-state index in [-0.39, 0.29) is 0 Å². The van der Waals surface area contributed by atoms with E-state index in [4.69, 9.17) is 0 Å². The number of nitrogens with zero attached hydrogens (tertiary/aromatic N) is 1. The van der Waals surface area contributed by atoms with Gasteiger partial charge in [-0.1, -0.05) is 31.9 Å². The highest BCUT2D eigenvalue weighted by molar-refractivity contribution is 5.48. The standard InChI is InChI=1S/C16H26N2/c1-4-17-16(13-8-5-6-9-13)14-10-7-11-15(12-14)18(2)3/h7,10-13,16-17H,4-6,8-9H2,1-3H3. The Labute approximate surface area is 111 Å². The highest BCUT2D eigenvalue weighted by atomic mass is 15.1. The lowest BCUT2D eigenvalue weighted by Gasteiger charge is -2.26. The van der Waals surface area contributed by atoms with E-state index in [1.165, 1.54) is 36.9 Å². The predicted molar refractivity (Wildman–Crippen MR) is 79.1 cm³/mol. The molecule has 0 heterocycles. The zero-order valence-electron chi connectivity index (χ0n) is 11.9. The van der Waals surface area contributed by atoms with Crippen molar-refractivity contribution in [2.75, 3.05) is 25.5 Å². The molecule has 0 amide bonds. The van der Waals surface area contributed by atoms with Crippen molar-refractivity contribution in [3.63, 3.8) is 0 Å². The van der Waals surface area contributed by atoms with Crippen LogP contribution < -0.4 is 10.2 Å². The summed E-state index contributed by atoms with van der Waals surface area (Å²) in [4.78, 5) is 2.18. The molecule has 1 saturated carbocycles. The van der Waals surface area contributed by atoms with Crippen LogP contribution in [0.15, 0.2) is 24.3 Å². The van der Waals surface area contributed by atoms with Crippen LogP contribution in [0.5, 0.6) is 0 Å². The van der Waals surface area contributed by atoms with Gasteiger partial charge in [0.05, 0.1) is 0 Å². The van der Waals surface area contributed by atoms with Crippen molar-refractivity contribution in [3.05, 3.63) is 29.8 Å². The third-order valence-corrected chi connectivity index (χ3v) is 4.04. The van der Waals surface area contributed by atoms with Crippen LogP contribution in [0.3, 0.4) is 0 Å². The number of rotatable bonds is 5. The molecule has 0 aliphatic heterocycles. The predicted octanol–water partition coefficient (Wildman–Crippen LogP) is 3.59. The van der Waals surface area contributed by atoms with Crippen LogP contribution in [-0.2, 0) is 0 Å². The molecule has 2 rings (SSSR count). The quantitative estimate of drug-likeness (QED) is 0.854. The third kappa shape index (κ3) is 3.05. The van der Waals surface area contributed by atoms with Crippen LogP contribution in [-0.4, -0.2) is 20.6 Å². The lowest BCUT2D eigenvalue weighted by atomic mass is 9.91. The molecule has 1 aromatic carbocycles. The molecule has 1 aliphatic rings. The Bertz CT molecular complexity index is 367. The molecular weight excluding hydrogens is 220 g/mol. The summed E-state index contributed by atoms with van der Waals surface area (Å²) < 4.78 is 0. The van der Waals surface area contributed by atoms with Crippen LogP contribution in [0.4, 0.5) is 5.69 Å². The number of hydrogen-bond acceptors (Lipinski definition) is 2. The van der Waals surface area contributed by atoms with Crippen molar-refractivity contribution >= 4 is 5.69 Å². The number of hydrogen-bond donors (Lipinski definition) is 1. The van der Waals surface area contributed by atoms with Crippen molar-refractivity contribution in [1.82, 2.24) is 5.32 Å². The van der Waals surface area contributed by atoms with Gasteiger partial charge in [-0.05, 0) is 43.0 Å². The van der Waals surface area contributed by atoms with Gasteiger partial charge in [-0.15, -0.1) is 0 Å². The van der Waals surface area contributed by atoms with Crippen molar-refractivity contribution < 1.29 is 0 Å². The minimum Gasteiger partial charge on any atom is -0.378 e. The van der Waals surface area contributed by atoms with Crippen LogP contribution in [0, 0.1) is 5.92 Å². The molecule has 1 aromatic rings. The molecule has 2 heteroatoms. The van der Waals surface area contributed by atoms with E-state index in [0.29, 0.717) is 6.04 Å². The number of benzene rings is 1. The van der Waals surface area contributed by atoms with Crippen molar-refractivity contribution in [2.45, 2.75) is 38.6 Å². The maximum Gasteiger partial charge on any atom is 0.0364 e. The van der Waals surface area contributed by atoms with Crippen molar-refractivity contribution in [3.8, 4) is 0 Å². The molecule has 1 unspecified atom stereocenters. The molecule has 1 N–H and O–H groups in total. The maximum absolute atomic E-state index is 3.69. The highest BCUT2D eigenvalue weighted by Crippen LogP contribution is 2.36. The summed E-state index contributed by atoms with van der Waals surface area (Å²) in [5, 5.41) is 3.69. The van der Waals surface area contributed by atoms with Gasteiger partial charge in [0.15, 0.2) is 0 Å². The van der Waals surface area contributed by atoms with Gasteiger partial charge in [0, 0.05) is 25.8 Å². The molecule has 0 spiro atoms. The number of anilines is 1. The van der Waals surface area contributed by atoms with E-state index in [1.54, 1.807) is 0 Å². The van der Waals surface area contributed by atoms with E-state index in [1.807, 2.05) is 0 Å². The first-order chi connectivity index (χ1) is 8.72. The topological polar surface area (TPSA) is 15.3 Å². The second-order valence-electron chi connectivity index (χ2n) is 5.57. The fourth-order valence-electron chi connectivity index (χ4n) is 3.06. The summed E-state index contributed by atoms with van der Waals surface area (Å²) in [6.07, 6.45) is 5.56. The highest BCUT2D eigenvalue weighted by Gasteiger charge is 2.25. The Morgan fingerprint density at radius 1 is 1.28 bits per heavy atom. The fraction of sp³-hybridized carbons (Fsp3) is 0.625. The van der Waals surface area contributed by atoms with E-state index in [9.17, 15) is 0 Å². The van der Waals surface area contributed by atoms with Gasteiger partial charge in [0.1, 0.15) is 0 Å². The molecule has 1 aliphatic carbocycles. The largest absolute Gasteiger partial charge is 0.378 e. The average Bonchev–Trinajstić information content (AvgIpc) is 2.89. The van der Waals surface area contributed by atoms with E-state index in [0.717, 1.165) is 12.5 Å². The Hall–Kier alpha value is -1.02. The molecule has 100 valence electrons. The summed E-state index contributed by atoms with van der Waals surface area (Å²) in [7, 11) is 4.22. The van der Waals surface area contributed by atoms with Gasteiger partial charge in [-0.25, -0.2) is 0 Å². The van der Waals surface area contributed by atoms with Gasteiger partial charge in [0.2, 0.25) is 0 Å². The Kier molecular flexibility index (Phi) is 4.65. The van der Waals surface area contributed by atoms with Crippen LogP contribution in [0.1, 0.15) is 44.2 Å². The zero-order chi connectivity index (χ0) is 13.0. The zero-order valence-corrected chi connectivity index (χ0v) is 11.9. The molecule has 1 fully saturated rings. The SMILES string of the molecule is CCNC(c1cccc(N(C)C)c1)C1CCCC1. The van der Waals surface area contributed by atoms with Gasteiger partial charge >= 0.3 is 0 Å². The second kappa shape index (κ2) is 6.24. The monoisotopic (exact) mass is 246 g/mol. The summed E-state index contributed by atoms with van der Waals surface area (Å²) in [6.45, 7) is 3.26. The molecule has 0 bridgehead atoms. The minimum absolute atomic E-state index is 0.539. The summed E-state index contributed by atoms with van der Waals surface area (Å²) in [5.41, 5.74) is 2.75. The Morgan fingerprint density at radius 2 is 2.00 bits per heavy atom. The fourth-order valence-corrected chi connectivity index (χ4v) is 3.06. The molecule has 0 aromatic heterocycles. The summed E-state index contributed by atoms with van der Waals surface area (Å²) in [6, 6.07) is 9.52. The average molecular weight is 246 g/mol.